The van der Waals surface area contributed by atoms with Gasteiger partial charge in [0.15, 0.2) is 6.61 Å². The van der Waals surface area contributed by atoms with Crippen LogP contribution in [0.25, 0.3) is 0 Å². The van der Waals surface area contributed by atoms with E-state index in [-0.39, 0.29) is 24.4 Å². The number of ketones is 1. The van der Waals surface area contributed by atoms with E-state index < -0.39 is 0 Å². The number of esters is 1. The Hall–Kier alpha value is -0.720. The molecule has 0 aromatic carbocycles. The second-order valence-electron chi connectivity index (χ2n) is 3.78. The van der Waals surface area contributed by atoms with E-state index >= 15 is 0 Å². The lowest BCUT2D eigenvalue weighted by Gasteiger charge is -2.08. The van der Waals surface area contributed by atoms with Gasteiger partial charge in [-0.3, -0.25) is 9.59 Å². The van der Waals surface area contributed by atoms with Crippen LogP contribution >= 0.6 is 27.3 Å². The molecule has 0 radical (unpaired) electrons. The number of hydrogen-bond acceptors (Lipinski definition) is 5. The number of ether oxygens (including phenoxy) is 1. The molecule has 1 aliphatic rings. The Bertz CT molecular complexity index is 426. The highest BCUT2D eigenvalue weighted by atomic mass is 79.9. The van der Waals surface area contributed by atoms with Crippen LogP contribution in [0, 0.1) is 0 Å². The van der Waals surface area contributed by atoms with Crippen LogP contribution in [0.1, 0.15) is 22.5 Å². The van der Waals surface area contributed by atoms with Crippen molar-refractivity contribution in [3.8, 4) is 0 Å². The molecule has 4 nitrogen and oxygen atoms in total. The van der Waals surface area contributed by atoms with Gasteiger partial charge < -0.3 is 10.1 Å². The number of rotatable bonds is 4. The van der Waals surface area contributed by atoms with Crippen molar-refractivity contribution < 1.29 is 14.3 Å². The van der Waals surface area contributed by atoms with Gasteiger partial charge in [-0.05, 0) is 47.4 Å². The van der Waals surface area contributed by atoms with Gasteiger partial charge in [0.2, 0.25) is 5.78 Å². The summed E-state index contributed by atoms with van der Waals surface area (Å²) in [5.74, 6) is -0.487. The minimum atomic E-state index is -0.327. The minimum absolute atomic E-state index is 0.160. The highest BCUT2D eigenvalue weighted by molar-refractivity contribution is 9.11. The Morgan fingerprint density at radius 1 is 1.53 bits per heavy atom. The molecule has 0 aliphatic carbocycles. The molecule has 1 aromatic rings. The van der Waals surface area contributed by atoms with E-state index in [1.165, 1.54) is 11.3 Å². The smallest absolute Gasteiger partial charge is 0.323 e. The van der Waals surface area contributed by atoms with Crippen molar-refractivity contribution in [3.05, 3.63) is 20.8 Å². The summed E-state index contributed by atoms with van der Waals surface area (Å²) in [5.41, 5.74) is 0. The monoisotopic (exact) mass is 317 g/mol. The molecule has 1 saturated heterocycles. The summed E-state index contributed by atoms with van der Waals surface area (Å²) in [6, 6.07) is 3.29. The highest BCUT2D eigenvalue weighted by Crippen LogP contribution is 2.22. The molecule has 0 bridgehead atoms. The fourth-order valence-corrected chi connectivity index (χ4v) is 2.97. The Kier molecular flexibility index (Phi) is 4.31. The van der Waals surface area contributed by atoms with Crippen molar-refractivity contribution in [3.63, 3.8) is 0 Å². The summed E-state index contributed by atoms with van der Waals surface area (Å²) in [6.45, 7) is 0.662. The zero-order chi connectivity index (χ0) is 12.3. The van der Waals surface area contributed by atoms with E-state index in [1.54, 1.807) is 12.1 Å². The Morgan fingerprint density at radius 3 is 2.94 bits per heavy atom. The third kappa shape index (κ3) is 3.37. The molecule has 1 aromatic heterocycles. The molecule has 1 unspecified atom stereocenters. The molecule has 6 heteroatoms. The van der Waals surface area contributed by atoms with Crippen LogP contribution in [0.3, 0.4) is 0 Å². The van der Waals surface area contributed by atoms with E-state index in [2.05, 4.69) is 21.2 Å². The van der Waals surface area contributed by atoms with E-state index in [1.807, 2.05) is 0 Å². The van der Waals surface area contributed by atoms with Gasteiger partial charge in [0.25, 0.3) is 0 Å². The maximum Gasteiger partial charge on any atom is 0.323 e. The van der Waals surface area contributed by atoms with E-state index in [9.17, 15) is 9.59 Å². The van der Waals surface area contributed by atoms with Gasteiger partial charge in [0.05, 0.1) is 8.66 Å². The number of Topliss-reactive ketones (excluding diaryl/α,β-unsaturated/α-hetero) is 1. The molecule has 2 heterocycles. The zero-order valence-electron chi connectivity index (χ0n) is 9.07. The largest absolute Gasteiger partial charge is 0.456 e. The van der Waals surface area contributed by atoms with Crippen LogP contribution in [0.4, 0.5) is 0 Å². The first-order valence-corrected chi connectivity index (χ1v) is 6.96. The Labute approximate surface area is 111 Å². The third-order valence-electron chi connectivity index (χ3n) is 2.54. The van der Waals surface area contributed by atoms with Gasteiger partial charge in [-0.1, -0.05) is 0 Å². The van der Waals surface area contributed by atoms with Gasteiger partial charge in [0, 0.05) is 0 Å². The van der Waals surface area contributed by atoms with Crippen molar-refractivity contribution in [2.24, 2.45) is 0 Å². The van der Waals surface area contributed by atoms with Crippen molar-refractivity contribution in [2.45, 2.75) is 18.9 Å². The Balaban J connectivity index is 1.81. The molecule has 1 N–H and O–H groups in total. The summed E-state index contributed by atoms with van der Waals surface area (Å²) in [4.78, 5) is 23.8. The normalized spacial score (nSPS) is 19.2. The molecule has 0 spiro atoms. The fraction of sp³-hybridized carbons (Fsp3) is 0.455. The first-order chi connectivity index (χ1) is 8.16. The lowest BCUT2D eigenvalue weighted by molar-refractivity contribution is -0.144. The third-order valence-corrected chi connectivity index (χ3v) is 4.20. The average Bonchev–Trinajstić information content (AvgIpc) is 2.95. The Morgan fingerprint density at radius 2 is 2.35 bits per heavy atom. The predicted molar refractivity (Wildman–Crippen MR) is 68.3 cm³/mol. The van der Waals surface area contributed by atoms with Crippen LogP contribution in [0.2, 0.25) is 0 Å². The van der Waals surface area contributed by atoms with Crippen LogP contribution < -0.4 is 5.32 Å². The lowest BCUT2D eigenvalue weighted by atomic mass is 10.2. The second-order valence-corrected chi connectivity index (χ2v) is 6.25. The summed E-state index contributed by atoms with van der Waals surface area (Å²) in [6.07, 6.45) is 1.77. The molecule has 0 saturated carbocycles. The number of carbonyl (C=O) groups excluding carboxylic acids is 2. The number of hydrogen-bond donors (Lipinski definition) is 1. The summed E-state index contributed by atoms with van der Waals surface area (Å²) in [5, 5.41) is 3.03. The lowest BCUT2D eigenvalue weighted by Crippen LogP contribution is -2.33. The molecule has 17 heavy (non-hydrogen) atoms. The van der Waals surface area contributed by atoms with E-state index in [0.717, 1.165) is 23.2 Å². The maximum atomic E-state index is 11.7. The van der Waals surface area contributed by atoms with Crippen molar-refractivity contribution >= 4 is 39.0 Å². The molecular formula is C11H12BrNO3S. The number of halogens is 1. The summed E-state index contributed by atoms with van der Waals surface area (Å²) in [7, 11) is 0. The van der Waals surface area contributed by atoms with E-state index in [0.29, 0.717) is 4.88 Å². The van der Waals surface area contributed by atoms with Crippen LogP contribution in [-0.4, -0.2) is 30.9 Å². The summed E-state index contributed by atoms with van der Waals surface area (Å²) < 4.78 is 5.88. The molecule has 92 valence electrons. The zero-order valence-corrected chi connectivity index (χ0v) is 11.5. The number of nitrogens with one attached hydrogen (secondary N) is 1. The molecule has 1 fully saturated rings. The molecule has 2 rings (SSSR count). The number of thiophene rings is 1. The van der Waals surface area contributed by atoms with Crippen LogP contribution in [0.15, 0.2) is 15.9 Å². The number of carbonyl (C=O) groups is 2. The van der Waals surface area contributed by atoms with Crippen molar-refractivity contribution in [2.75, 3.05) is 13.2 Å². The van der Waals surface area contributed by atoms with Crippen LogP contribution in [-0.2, 0) is 9.53 Å². The quantitative estimate of drug-likeness (QED) is 0.681. The summed E-state index contributed by atoms with van der Waals surface area (Å²) >= 11 is 4.62. The standard InChI is InChI=1S/C11H12BrNO3S/c12-10-4-3-9(17-10)8(14)6-16-11(15)7-2-1-5-13-7/h3-4,7,13H,1-2,5-6H2. The maximum absolute atomic E-state index is 11.7. The minimum Gasteiger partial charge on any atom is -0.456 e. The van der Waals surface area contributed by atoms with Crippen molar-refractivity contribution in [1.29, 1.82) is 0 Å². The highest BCUT2D eigenvalue weighted by Gasteiger charge is 2.24. The van der Waals surface area contributed by atoms with Gasteiger partial charge in [-0.15, -0.1) is 11.3 Å². The van der Waals surface area contributed by atoms with Gasteiger partial charge in [-0.25, -0.2) is 0 Å². The van der Waals surface area contributed by atoms with E-state index in [4.69, 9.17) is 4.74 Å². The average molecular weight is 318 g/mol. The fourth-order valence-electron chi connectivity index (χ4n) is 1.66. The van der Waals surface area contributed by atoms with Gasteiger partial charge >= 0.3 is 5.97 Å². The molecule has 0 amide bonds. The van der Waals surface area contributed by atoms with Crippen LogP contribution in [0.5, 0.6) is 0 Å². The second kappa shape index (κ2) is 5.75. The molecule has 1 aliphatic heterocycles. The molecular weight excluding hydrogens is 306 g/mol. The van der Waals surface area contributed by atoms with Gasteiger partial charge in [0.1, 0.15) is 6.04 Å². The first kappa shape index (κ1) is 12.7. The SMILES string of the molecule is O=C(COC(=O)C1CCCN1)c1ccc(Br)s1. The van der Waals surface area contributed by atoms with Crippen molar-refractivity contribution in [1.82, 2.24) is 5.32 Å². The molecule has 1 atom stereocenters. The predicted octanol–water partition coefficient (Wildman–Crippen LogP) is 1.99. The first-order valence-electron chi connectivity index (χ1n) is 5.35. The topological polar surface area (TPSA) is 55.4 Å². The van der Waals surface area contributed by atoms with Gasteiger partial charge in [-0.2, -0.15) is 0 Å².